The van der Waals surface area contributed by atoms with E-state index in [1.807, 2.05) is 13.1 Å². The van der Waals surface area contributed by atoms with Gasteiger partial charge in [-0.3, -0.25) is 9.20 Å². The van der Waals surface area contributed by atoms with E-state index in [2.05, 4.69) is 34.5 Å². The third-order valence-corrected chi connectivity index (χ3v) is 6.95. The van der Waals surface area contributed by atoms with Crippen molar-refractivity contribution >= 4 is 28.1 Å². The van der Waals surface area contributed by atoms with Gasteiger partial charge < -0.3 is 10.6 Å². The highest BCUT2D eigenvalue weighted by Gasteiger charge is 2.25. The van der Waals surface area contributed by atoms with E-state index in [0.29, 0.717) is 11.3 Å². The Hall–Kier alpha value is -0.950. The lowest BCUT2D eigenvalue weighted by molar-refractivity contribution is 0.413. The maximum atomic E-state index is 12.1. The molecule has 1 aromatic heterocycles. The fraction of sp³-hybridized carbons (Fsp3) is 0.765. The summed E-state index contributed by atoms with van der Waals surface area (Å²) in [5.74, 6) is 1.64. The van der Waals surface area contributed by atoms with E-state index >= 15 is 0 Å². The standard InChI is InChI=1S/C17H30N4OS2/c1-4-18-17(19-10-9-16-20-12-13(3)23-16)21-14-7-6-8-15(11-14)24(22)5-2/h12,14-15H,4-11H2,1-3H3,(H2,18,19,21). The molecule has 1 heterocycles. The maximum absolute atomic E-state index is 12.1. The second-order valence-electron chi connectivity index (χ2n) is 6.17. The van der Waals surface area contributed by atoms with Gasteiger partial charge in [-0.1, -0.05) is 13.3 Å². The van der Waals surface area contributed by atoms with Crippen LogP contribution in [0.4, 0.5) is 0 Å². The van der Waals surface area contributed by atoms with E-state index in [9.17, 15) is 4.21 Å². The molecule has 0 aromatic carbocycles. The van der Waals surface area contributed by atoms with Gasteiger partial charge in [0.05, 0.1) is 5.01 Å². The van der Waals surface area contributed by atoms with Crippen molar-refractivity contribution in [2.75, 3.05) is 18.8 Å². The topological polar surface area (TPSA) is 66.4 Å². The van der Waals surface area contributed by atoms with Crippen LogP contribution in [0.5, 0.6) is 0 Å². The number of aromatic nitrogens is 1. The molecule has 3 unspecified atom stereocenters. The SMILES string of the molecule is CCNC(=NCCc1ncc(C)s1)NC1CCCC(S(=O)CC)C1. The minimum atomic E-state index is -0.688. The molecule has 1 aliphatic carbocycles. The van der Waals surface area contributed by atoms with E-state index in [1.165, 1.54) is 4.88 Å². The summed E-state index contributed by atoms with van der Waals surface area (Å²) in [6.07, 6.45) is 7.15. The van der Waals surface area contributed by atoms with Crippen LogP contribution < -0.4 is 10.6 Å². The molecule has 24 heavy (non-hydrogen) atoms. The van der Waals surface area contributed by atoms with Crippen molar-refractivity contribution < 1.29 is 4.21 Å². The summed E-state index contributed by atoms with van der Waals surface area (Å²) in [5.41, 5.74) is 0. The molecule has 0 saturated heterocycles. The quantitative estimate of drug-likeness (QED) is 0.572. The van der Waals surface area contributed by atoms with Crippen molar-refractivity contribution in [2.24, 2.45) is 4.99 Å². The van der Waals surface area contributed by atoms with Crippen molar-refractivity contribution in [3.63, 3.8) is 0 Å². The zero-order valence-corrected chi connectivity index (χ0v) is 16.6. The van der Waals surface area contributed by atoms with Gasteiger partial charge in [0.1, 0.15) is 0 Å². The van der Waals surface area contributed by atoms with Gasteiger partial charge in [-0.2, -0.15) is 0 Å². The number of rotatable bonds is 7. The van der Waals surface area contributed by atoms with Crippen LogP contribution in [0.15, 0.2) is 11.2 Å². The first-order chi connectivity index (χ1) is 11.6. The van der Waals surface area contributed by atoms with Crippen LogP contribution in [0.2, 0.25) is 0 Å². The highest BCUT2D eigenvalue weighted by molar-refractivity contribution is 7.85. The monoisotopic (exact) mass is 370 g/mol. The lowest BCUT2D eigenvalue weighted by Gasteiger charge is -2.30. The van der Waals surface area contributed by atoms with Crippen LogP contribution >= 0.6 is 11.3 Å². The zero-order valence-electron chi connectivity index (χ0n) is 15.0. The summed E-state index contributed by atoms with van der Waals surface area (Å²) in [6, 6.07) is 0.374. The van der Waals surface area contributed by atoms with Gasteiger partial charge in [0.2, 0.25) is 0 Å². The number of nitrogens with zero attached hydrogens (tertiary/aromatic N) is 2. The summed E-state index contributed by atoms with van der Waals surface area (Å²) in [4.78, 5) is 10.3. The largest absolute Gasteiger partial charge is 0.357 e. The minimum Gasteiger partial charge on any atom is -0.357 e. The summed E-state index contributed by atoms with van der Waals surface area (Å²) >= 11 is 1.74. The molecule has 0 aliphatic heterocycles. The smallest absolute Gasteiger partial charge is 0.191 e. The van der Waals surface area contributed by atoms with Crippen LogP contribution in [-0.2, 0) is 17.2 Å². The molecule has 136 valence electrons. The number of thiazole rings is 1. The molecule has 5 nitrogen and oxygen atoms in total. The van der Waals surface area contributed by atoms with Crippen LogP contribution in [-0.4, -0.2) is 45.3 Å². The highest BCUT2D eigenvalue weighted by Crippen LogP contribution is 2.23. The van der Waals surface area contributed by atoms with E-state index in [0.717, 1.165) is 61.9 Å². The predicted octanol–water partition coefficient (Wildman–Crippen LogP) is 2.63. The predicted molar refractivity (Wildman–Crippen MR) is 104 cm³/mol. The zero-order chi connectivity index (χ0) is 17.4. The van der Waals surface area contributed by atoms with E-state index < -0.39 is 10.8 Å². The van der Waals surface area contributed by atoms with Crippen molar-refractivity contribution in [3.8, 4) is 0 Å². The Kier molecular flexibility index (Phi) is 8.18. The van der Waals surface area contributed by atoms with Gasteiger partial charge in [0.25, 0.3) is 0 Å². The molecular formula is C17H30N4OS2. The second-order valence-corrected chi connectivity index (χ2v) is 9.50. The normalized spacial score (nSPS) is 23.0. The fourth-order valence-corrected chi connectivity index (χ4v) is 5.17. The summed E-state index contributed by atoms with van der Waals surface area (Å²) in [6.45, 7) is 7.75. The molecule has 2 N–H and O–H groups in total. The van der Waals surface area contributed by atoms with Crippen molar-refractivity contribution in [2.45, 2.75) is 64.2 Å². The number of hydrogen-bond acceptors (Lipinski definition) is 4. The Morgan fingerprint density at radius 1 is 1.46 bits per heavy atom. The lowest BCUT2D eigenvalue weighted by Crippen LogP contribution is -2.46. The Labute approximate surface area is 152 Å². The van der Waals surface area contributed by atoms with Crippen LogP contribution in [0, 0.1) is 6.92 Å². The van der Waals surface area contributed by atoms with Gasteiger partial charge in [0, 0.05) is 58.4 Å². The van der Waals surface area contributed by atoms with Gasteiger partial charge in [-0.15, -0.1) is 11.3 Å². The van der Waals surface area contributed by atoms with E-state index in [-0.39, 0.29) is 0 Å². The highest BCUT2D eigenvalue weighted by atomic mass is 32.2. The van der Waals surface area contributed by atoms with Gasteiger partial charge in [0.15, 0.2) is 5.96 Å². The first kappa shape index (κ1) is 19.4. The molecule has 1 saturated carbocycles. The first-order valence-electron chi connectivity index (χ1n) is 8.95. The lowest BCUT2D eigenvalue weighted by atomic mass is 9.95. The molecule has 2 rings (SSSR count). The average molecular weight is 371 g/mol. The first-order valence-corrected chi connectivity index (χ1v) is 11.2. The van der Waals surface area contributed by atoms with Crippen LogP contribution in [0.25, 0.3) is 0 Å². The van der Waals surface area contributed by atoms with Crippen LogP contribution in [0.3, 0.4) is 0 Å². The molecule has 1 aromatic rings. The summed E-state index contributed by atoms with van der Waals surface area (Å²) in [5, 5.41) is 8.35. The molecule has 0 spiro atoms. The van der Waals surface area contributed by atoms with Gasteiger partial charge in [-0.25, -0.2) is 4.98 Å². The van der Waals surface area contributed by atoms with Crippen molar-refractivity contribution in [3.05, 3.63) is 16.1 Å². The molecule has 0 amide bonds. The van der Waals surface area contributed by atoms with Crippen LogP contribution in [0.1, 0.15) is 49.4 Å². The molecule has 1 fully saturated rings. The Morgan fingerprint density at radius 3 is 2.96 bits per heavy atom. The molecule has 0 radical (unpaired) electrons. The molecular weight excluding hydrogens is 340 g/mol. The minimum absolute atomic E-state index is 0.336. The van der Waals surface area contributed by atoms with Gasteiger partial charge in [-0.05, 0) is 33.1 Å². The number of aliphatic imine (C=N–C) groups is 1. The Bertz CT molecular complexity index is 559. The third-order valence-electron chi connectivity index (χ3n) is 4.23. The third kappa shape index (κ3) is 6.16. The molecule has 1 aliphatic rings. The Balaban J connectivity index is 1.87. The van der Waals surface area contributed by atoms with Crippen molar-refractivity contribution in [1.29, 1.82) is 0 Å². The number of nitrogens with one attached hydrogen (secondary N) is 2. The van der Waals surface area contributed by atoms with E-state index in [4.69, 9.17) is 0 Å². The summed E-state index contributed by atoms with van der Waals surface area (Å²) < 4.78 is 12.1. The molecule has 7 heteroatoms. The fourth-order valence-electron chi connectivity index (χ4n) is 3.04. The second kappa shape index (κ2) is 10.1. The molecule has 0 bridgehead atoms. The maximum Gasteiger partial charge on any atom is 0.191 e. The number of aryl methyl sites for hydroxylation is 1. The Morgan fingerprint density at radius 2 is 2.29 bits per heavy atom. The van der Waals surface area contributed by atoms with Gasteiger partial charge >= 0.3 is 0 Å². The number of guanidine groups is 1. The molecule has 3 atom stereocenters. The van der Waals surface area contributed by atoms with E-state index in [1.54, 1.807) is 11.3 Å². The number of hydrogen-bond donors (Lipinski definition) is 2. The van der Waals surface area contributed by atoms with Crippen molar-refractivity contribution in [1.82, 2.24) is 15.6 Å². The summed E-state index contributed by atoms with van der Waals surface area (Å²) in [7, 11) is -0.688. The average Bonchev–Trinajstić information content (AvgIpc) is 3.00.